The molecular weight excluding hydrogens is 290 g/mol. The van der Waals surface area contributed by atoms with Gasteiger partial charge in [0.15, 0.2) is 0 Å². The molecule has 6 heteroatoms. The van der Waals surface area contributed by atoms with Crippen molar-refractivity contribution in [1.29, 1.82) is 0 Å². The number of hydrogen-bond acceptors (Lipinski definition) is 3. The van der Waals surface area contributed by atoms with E-state index in [1.807, 2.05) is 6.92 Å². The summed E-state index contributed by atoms with van der Waals surface area (Å²) in [6, 6.07) is -0.398. The van der Waals surface area contributed by atoms with Crippen LogP contribution >= 0.6 is 12.4 Å². The molecule has 1 aliphatic carbocycles. The van der Waals surface area contributed by atoms with Crippen molar-refractivity contribution in [1.82, 2.24) is 10.6 Å². The maximum Gasteiger partial charge on any atom is 0.242 e. The molecule has 0 radical (unpaired) electrons. The van der Waals surface area contributed by atoms with E-state index in [9.17, 15) is 9.59 Å². The van der Waals surface area contributed by atoms with Crippen LogP contribution in [0, 0.1) is 5.92 Å². The highest BCUT2D eigenvalue weighted by molar-refractivity contribution is 5.87. The summed E-state index contributed by atoms with van der Waals surface area (Å²) in [6.45, 7) is 4.18. The maximum atomic E-state index is 11.9. The number of rotatable bonds is 7. The lowest BCUT2D eigenvalue weighted by Gasteiger charge is -2.22. The van der Waals surface area contributed by atoms with E-state index in [0.29, 0.717) is 18.9 Å². The third kappa shape index (κ3) is 8.94. The molecular formula is C15H30ClN3O2. The van der Waals surface area contributed by atoms with E-state index in [0.717, 1.165) is 19.3 Å². The van der Waals surface area contributed by atoms with Gasteiger partial charge in [0, 0.05) is 19.0 Å². The molecule has 2 amide bonds. The molecule has 0 heterocycles. The summed E-state index contributed by atoms with van der Waals surface area (Å²) in [7, 11) is 0. The molecule has 0 aromatic carbocycles. The van der Waals surface area contributed by atoms with Crippen molar-refractivity contribution in [3.63, 3.8) is 0 Å². The highest BCUT2D eigenvalue weighted by atomic mass is 35.5. The third-order valence-electron chi connectivity index (χ3n) is 3.87. The van der Waals surface area contributed by atoms with Gasteiger partial charge in [-0.3, -0.25) is 9.59 Å². The Morgan fingerprint density at radius 3 is 2.38 bits per heavy atom. The first kappa shape index (κ1) is 20.2. The fraction of sp³-hybridized carbons (Fsp3) is 0.867. The largest absolute Gasteiger partial charge is 0.354 e. The lowest BCUT2D eigenvalue weighted by molar-refractivity contribution is -0.129. The molecule has 0 saturated heterocycles. The second-order valence-electron chi connectivity index (χ2n) is 6.05. The van der Waals surface area contributed by atoms with Gasteiger partial charge in [-0.1, -0.05) is 19.3 Å². The predicted molar refractivity (Wildman–Crippen MR) is 87.3 cm³/mol. The first-order chi connectivity index (χ1) is 9.49. The molecule has 0 aromatic heterocycles. The molecule has 1 rings (SSSR count). The van der Waals surface area contributed by atoms with Crippen LogP contribution in [0.25, 0.3) is 0 Å². The Balaban J connectivity index is 0.00000400. The monoisotopic (exact) mass is 319 g/mol. The van der Waals surface area contributed by atoms with Crippen LogP contribution in [0.1, 0.15) is 58.8 Å². The van der Waals surface area contributed by atoms with Gasteiger partial charge in [0.1, 0.15) is 6.04 Å². The molecule has 0 bridgehead atoms. The molecule has 1 aliphatic rings. The molecule has 1 saturated carbocycles. The van der Waals surface area contributed by atoms with E-state index in [-0.39, 0.29) is 30.3 Å². The second-order valence-corrected chi connectivity index (χ2v) is 6.05. The van der Waals surface area contributed by atoms with Gasteiger partial charge in [-0.15, -0.1) is 12.4 Å². The minimum atomic E-state index is -0.473. The van der Waals surface area contributed by atoms with Crippen molar-refractivity contribution in [3.8, 4) is 0 Å². The van der Waals surface area contributed by atoms with E-state index in [1.165, 1.54) is 19.3 Å². The summed E-state index contributed by atoms with van der Waals surface area (Å²) in [5.74, 6) is 0.353. The van der Waals surface area contributed by atoms with Crippen LogP contribution in [0.3, 0.4) is 0 Å². The van der Waals surface area contributed by atoms with Gasteiger partial charge in [-0.2, -0.15) is 0 Å². The van der Waals surface area contributed by atoms with Crippen LogP contribution in [-0.4, -0.2) is 30.4 Å². The first-order valence-corrected chi connectivity index (χ1v) is 7.81. The van der Waals surface area contributed by atoms with Crippen molar-refractivity contribution in [3.05, 3.63) is 0 Å². The molecule has 1 fully saturated rings. The van der Waals surface area contributed by atoms with Crippen LogP contribution < -0.4 is 16.4 Å². The Morgan fingerprint density at radius 2 is 1.81 bits per heavy atom. The molecule has 2 unspecified atom stereocenters. The molecule has 0 aliphatic heterocycles. The van der Waals surface area contributed by atoms with Crippen molar-refractivity contribution < 1.29 is 9.59 Å². The molecule has 2 atom stereocenters. The zero-order valence-corrected chi connectivity index (χ0v) is 14.0. The highest BCUT2D eigenvalue weighted by Gasteiger charge is 2.20. The molecule has 5 nitrogen and oxygen atoms in total. The topological polar surface area (TPSA) is 84.2 Å². The summed E-state index contributed by atoms with van der Waals surface area (Å²) in [4.78, 5) is 23.7. The lowest BCUT2D eigenvalue weighted by Crippen LogP contribution is -2.45. The average molecular weight is 320 g/mol. The van der Waals surface area contributed by atoms with E-state index in [2.05, 4.69) is 10.6 Å². The SMILES string of the molecule is CC(N)CCNC(=O)C(C)NC(=O)CC1CCCCC1.Cl. The minimum absolute atomic E-state index is 0. The number of halogens is 1. The first-order valence-electron chi connectivity index (χ1n) is 7.81. The van der Waals surface area contributed by atoms with E-state index >= 15 is 0 Å². The third-order valence-corrected chi connectivity index (χ3v) is 3.87. The van der Waals surface area contributed by atoms with Gasteiger partial charge >= 0.3 is 0 Å². The fourth-order valence-electron chi connectivity index (χ4n) is 2.60. The average Bonchev–Trinajstić information content (AvgIpc) is 2.39. The summed E-state index contributed by atoms with van der Waals surface area (Å²) >= 11 is 0. The van der Waals surface area contributed by atoms with Crippen molar-refractivity contribution in [2.75, 3.05) is 6.54 Å². The van der Waals surface area contributed by atoms with Crippen molar-refractivity contribution in [2.45, 2.75) is 70.9 Å². The minimum Gasteiger partial charge on any atom is -0.354 e. The summed E-state index contributed by atoms with van der Waals surface area (Å²) in [6.07, 6.45) is 7.32. The molecule has 21 heavy (non-hydrogen) atoms. The van der Waals surface area contributed by atoms with Gasteiger partial charge in [0.25, 0.3) is 0 Å². The predicted octanol–water partition coefficient (Wildman–Crippen LogP) is 1.74. The van der Waals surface area contributed by atoms with Crippen LogP contribution in [0.2, 0.25) is 0 Å². The maximum absolute atomic E-state index is 11.9. The Bertz CT molecular complexity index is 318. The van der Waals surface area contributed by atoms with Crippen LogP contribution in [0.5, 0.6) is 0 Å². The molecule has 4 N–H and O–H groups in total. The summed E-state index contributed by atoms with van der Waals surface area (Å²) in [5, 5.41) is 5.57. The fourth-order valence-corrected chi connectivity index (χ4v) is 2.60. The van der Waals surface area contributed by atoms with Crippen LogP contribution in [0.15, 0.2) is 0 Å². The number of carbonyl (C=O) groups excluding carboxylic acids is 2. The van der Waals surface area contributed by atoms with E-state index < -0.39 is 6.04 Å². The molecule has 124 valence electrons. The summed E-state index contributed by atoms with van der Waals surface area (Å²) in [5.41, 5.74) is 5.62. The zero-order valence-electron chi connectivity index (χ0n) is 13.2. The zero-order chi connectivity index (χ0) is 15.0. The van der Waals surface area contributed by atoms with Crippen molar-refractivity contribution >= 4 is 24.2 Å². The number of amides is 2. The Labute approximate surface area is 134 Å². The van der Waals surface area contributed by atoms with Gasteiger partial charge < -0.3 is 16.4 Å². The lowest BCUT2D eigenvalue weighted by atomic mass is 9.87. The van der Waals surface area contributed by atoms with Crippen LogP contribution in [0.4, 0.5) is 0 Å². The number of carbonyl (C=O) groups is 2. The Morgan fingerprint density at radius 1 is 1.19 bits per heavy atom. The van der Waals surface area contributed by atoms with Gasteiger partial charge in [-0.25, -0.2) is 0 Å². The Kier molecular flexibility index (Phi) is 10.4. The van der Waals surface area contributed by atoms with E-state index in [1.54, 1.807) is 6.92 Å². The second kappa shape index (κ2) is 10.9. The van der Waals surface area contributed by atoms with Crippen molar-refractivity contribution in [2.24, 2.45) is 11.7 Å². The van der Waals surface area contributed by atoms with Gasteiger partial charge in [0.2, 0.25) is 11.8 Å². The number of nitrogens with two attached hydrogens (primary N) is 1. The normalized spacial score (nSPS) is 18.2. The highest BCUT2D eigenvalue weighted by Crippen LogP contribution is 2.26. The standard InChI is InChI=1S/C15H29N3O2.ClH/c1-11(16)8-9-17-15(20)12(2)18-14(19)10-13-6-4-3-5-7-13;/h11-13H,3-10,16H2,1-2H3,(H,17,20)(H,18,19);1H. The van der Waals surface area contributed by atoms with E-state index in [4.69, 9.17) is 5.73 Å². The Hall–Kier alpha value is -0.810. The van der Waals surface area contributed by atoms with Gasteiger partial charge in [-0.05, 0) is 39.0 Å². The smallest absolute Gasteiger partial charge is 0.242 e. The van der Waals surface area contributed by atoms with Gasteiger partial charge in [0.05, 0.1) is 0 Å². The number of nitrogens with one attached hydrogen (secondary N) is 2. The number of hydrogen-bond donors (Lipinski definition) is 3. The van der Waals surface area contributed by atoms with Crippen LogP contribution in [-0.2, 0) is 9.59 Å². The summed E-state index contributed by atoms with van der Waals surface area (Å²) < 4.78 is 0. The molecule has 0 aromatic rings. The molecule has 0 spiro atoms. The quantitative estimate of drug-likeness (QED) is 0.668.